The summed E-state index contributed by atoms with van der Waals surface area (Å²) in [5, 5.41) is 5.40. The molecule has 1 spiro atoms. The summed E-state index contributed by atoms with van der Waals surface area (Å²) in [6.07, 6.45) is 6.17. The van der Waals surface area contributed by atoms with E-state index in [4.69, 9.17) is 22.2 Å². The molecule has 188 valence electrons. The summed E-state index contributed by atoms with van der Waals surface area (Å²) in [6, 6.07) is 18.0. The van der Waals surface area contributed by atoms with Crippen molar-refractivity contribution in [3.8, 4) is 11.5 Å². The highest BCUT2D eigenvalue weighted by atomic mass is 16.6. The molecule has 2 heterocycles. The standard InChI is InChI=1S/C29H29BN2O5/c1-2-3-4-5-6-9-16-35-28(34)31-19-12-14-23-25(17-19)36-26-18-20(32-30)13-15-24(26)29(23)22-11-8-7-10-21(22)27(33)37-29/h7-8,10-15,17-18,32H,2-6,9,16H2,1H3,(H,31,34). The second kappa shape index (κ2) is 10.6. The van der Waals surface area contributed by atoms with Crippen molar-refractivity contribution in [2.45, 2.75) is 51.0 Å². The highest BCUT2D eigenvalue weighted by Gasteiger charge is 2.53. The zero-order chi connectivity index (χ0) is 25.8. The average Bonchev–Trinajstić information content (AvgIpc) is 3.20. The number of unbranched alkanes of at least 4 members (excludes halogenated alkanes) is 5. The minimum atomic E-state index is -1.18. The van der Waals surface area contributed by atoms with Gasteiger partial charge in [0.25, 0.3) is 0 Å². The van der Waals surface area contributed by atoms with Crippen molar-refractivity contribution in [2.75, 3.05) is 17.2 Å². The molecule has 3 aromatic carbocycles. The van der Waals surface area contributed by atoms with Gasteiger partial charge in [0, 0.05) is 40.2 Å². The van der Waals surface area contributed by atoms with E-state index in [1.807, 2.05) is 30.3 Å². The van der Waals surface area contributed by atoms with Crippen LogP contribution in [0.25, 0.3) is 0 Å². The van der Waals surface area contributed by atoms with Gasteiger partial charge in [0.2, 0.25) is 7.98 Å². The van der Waals surface area contributed by atoms with E-state index in [1.165, 1.54) is 19.3 Å². The number of amides is 1. The van der Waals surface area contributed by atoms with Crippen molar-refractivity contribution >= 4 is 31.4 Å². The summed E-state index contributed by atoms with van der Waals surface area (Å²) >= 11 is 0. The van der Waals surface area contributed by atoms with Crippen LogP contribution in [0.15, 0.2) is 60.7 Å². The molecule has 3 aromatic rings. The van der Waals surface area contributed by atoms with Gasteiger partial charge in [-0.25, -0.2) is 9.59 Å². The van der Waals surface area contributed by atoms with Crippen LogP contribution in [0, 0.1) is 0 Å². The Balaban J connectivity index is 1.40. The minimum Gasteiger partial charge on any atom is -0.456 e. The maximum absolute atomic E-state index is 12.9. The summed E-state index contributed by atoms with van der Waals surface area (Å²) in [5.41, 5.74) is 2.56. The van der Waals surface area contributed by atoms with Gasteiger partial charge in [0.15, 0.2) is 5.60 Å². The van der Waals surface area contributed by atoms with E-state index < -0.39 is 17.7 Å². The Morgan fingerprint density at radius 2 is 1.57 bits per heavy atom. The lowest BCUT2D eigenvalue weighted by atomic mass is 9.77. The molecule has 2 radical (unpaired) electrons. The van der Waals surface area contributed by atoms with Crippen LogP contribution in [0.2, 0.25) is 0 Å². The van der Waals surface area contributed by atoms with E-state index in [9.17, 15) is 9.59 Å². The zero-order valence-electron chi connectivity index (χ0n) is 20.8. The number of benzene rings is 3. The van der Waals surface area contributed by atoms with Crippen LogP contribution in [-0.4, -0.2) is 26.7 Å². The van der Waals surface area contributed by atoms with Crippen molar-refractivity contribution in [3.05, 3.63) is 82.9 Å². The first-order chi connectivity index (χ1) is 18.1. The Hall–Kier alpha value is -3.94. The largest absolute Gasteiger partial charge is 0.456 e. The normalized spacial score (nSPS) is 16.7. The predicted molar refractivity (Wildman–Crippen MR) is 142 cm³/mol. The first-order valence-electron chi connectivity index (χ1n) is 12.8. The number of carbonyl (C=O) groups excluding carboxylic acids is 2. The summed E-state index contributed by atoms with van der Waals surface area (Å²) in [4.78, 5) is 25.3. The van der Waals surface area contributed by atoms with Gasteiger partial charge in [-0.15, -0.1) is 0 Å². The molecule has 7 nitrogen and oxygen atoms in total. The highest BCUT2D eigenvalue weighted by Crippen LogP contribution is 2.56. The molecule has 0 fully saturated rings. The molecule has 2 N–H and O–H groups in total. The molecule has 2 aliphatic rings. The molecule has 5 rings (SSSR count). The number of esters is 1. The molecule has 0 bridgehead atoms. The molecule has 0 saturated heterocycles. The predicted octanol–water partition coefficient (Wildman–Crippen LogP) is 6.66. The molecule has 2 aliphatic heterocycles. The van der Waals surface area contributed by atoms with Gasteiger partial charge in [0.1, 0.15) is 11.5 Å². The first-order valence-corrected chi connectivity index (χ1v) is 12.8. The van der Waals surface area contributed by atoms with Crippen LogP contribution in [0.4, 0.5) is 16.2 Å². The molecule has 8 heteroatoms. The quantitative estimate of drug-likeness (QED) is 0.196. The summed E-state index contributed by atoms with van der Waals surface area (Å²) < 4.78 is 17.7. The molecule has 0 saturated carbocycles. The molecule has 1 amide bonds. The average molecular weight is 496 g/mol. The number of rotatable bonds is 9. The summed E-state index contributed by atoms with van der Waals surface area (Å²) in [7, 11) is 5.63. The molecule has 0 aromatic heterocycles. The number of anilines is 2. The Kier molecular flexibility index (Phi) is 7.08. The summed E-state index contributed by atoms with van der Waals surface area (Å²) in [5.74, 6) is 0.547. The lowest BCUT2D eigenvalue weighted by Crippen LogP contribution is -2.33. The van der Waals surface area contributed by atoms with Crippen LogP contribution in [-0.2, 0) is 15.1 Å². The fourth-order valence-electron chi connectivity index (χ4n) is 5.04. The SMILES string of the molecule is [B]Nc1ccc2c(c1)Oc1cc(NC(=O)OCCCCCCCC)ccc1C21OC(=O)c2ccccc21. The lowest BCUT2D eigenvalue weighted by molar-refractivity contribution is 0.0224. The van der Waals surface area contributed by atoms with E-state index in [-0.39, 0.29) is 0 Å². The molecule has 1 unspecified atom stereocenters. The summed E-state index contributed by atoms with van der Waals surface area (Å²) in [6.45, 7) is 2.56. The van der Waals surface area contributed by atoms with Crippen LogP contribution in [0.5, 0.6) is 11.5 Å². The zero-order valence-corrected chi connectivity index (χ0v) is 20.8. The molecule has 1 atom stereocenters. The molecular formula is C29H29BN2O5. The lowest BCUT2D eigenvalue weighted by Gasteiger charge is -2.36. The van der Waals surface area contributed by atoms with E-state index in [0.29, 0.717) is 46.2 Å². The number of hydrogen-bond donors (Lipinski definition) is 2. The fourth-order valence-corrected chi connectivity index (χ4v) is 5.04. The van der Waals surface area contributed by atoms with Gasteiger partial charge < -0.3 is 19.4 Å². The second-order valence-electron chi connectivity index (χ2n) is 9.31. The number of nitrogens with one attached hydrogen (secondary N) is 2. The topological polar surface area (TPSA) is 85.9 Å². The number of carbonyl (C=O) groups is 2. The van der Waals surface area contributed by atoms with Crippen molar-refractivity contribution in [1.29, 1.82) is 0 Å². The smallest absolute Gasteiger partial charge is 0.411 e. The fraction of sp³-hybridized carbons (Fsp3) is 0.310. The first kappa shape index (κ1) is 24.7. The Labute approximate surface area is 217 Å². The number of ether oxygens (including phenoxy) is 3. The van der Waals surface area contributed by atoms with Crippen molar-refractivity contribution in [3.63, 3.8) is 0 Å². The third-order valence-electron chi connectivity index (χ3n) is 6.86. The van der Waals surface area contributed by atoms with Gasteiger partial charge in [-0.1, -0.05) is 57.2 Å². The van der Waals surface area contributed by atoms with Gasteiger partial charge in [0.05, 0.1) is 12.2 Å². The Morgan fingerprint density at radius 3 is 2.32 bits per heavy atom. The maximum atomic E-state index is 12.9. The van der Waals surface area contributed by atoms with E-state index in [1.54, 1.807) is 30.3 Å². The monoisotopic (exact) mass is 496 g/mol. The van der Waals surface area contributed by atoms with Crippen LogP contribution in [0.1, 0.15) is 72.5 Å². The molecular weight excluding hydrogens is 467 g/mol. The van der Waals surface area contributed by atoms with Crippen LogP contribution >= 0.6 is 0 Å². The van der Waals surface area contributed by atoms with Crippen molar-refractivity contribution in [2.24, 2.45) is 0 Å². The van der Waals surface area contributed by atoms with Crippen LogP contribution in [0.3, 0.4) is 0 Å². The van der Waals surface area contributed by atoms with Gasteiger partial charge >= 0.3 is 12.1 Å². The van der Waals surface area contributed by atoms with Gasteiger partial charge in [-0.3, -0.25) is 5.32 Å². The van der Waals surface area contributed by atoms with Crippen molar-refractivity contribution < 1.29 is 23.8 Å². The van der Waals surface area contributed by atoms with E-state index in [0.717, 1.165) is 24.8 Å². The number of hydrogen-bond acceptors (Lipinski definition) is 6. The maximum Gasteiger partial charge on any atom is 0.411 e. The number of fused-ring (bicyclic) bond motifs is 6. The highest BCUT2D eigenvalue weighted by molar-refractivity contribution is 6.16. The van der Waals surface area contributed by atoms with Crippen LogP contribution < -0.4 is 15.3 Å². The third kappa shape index (κ3) is 4.64. The Morgan fingerprint density at radius 1 is 0.892 bits per heavy atom. The van der Waals surface area contributed by atoms with Gasteiger partial charge in [-0.2, -0.15) is 0 Å². The minimum absolute atomic E-state index is 0.373. The van der Waals surface area contributed by atoms with Gasteiger partial charge in [-0.05, 0) is 36.8 Å². The van der Waals surface area contributed by atoms with Crippen molar-refractivity contribution in [1.82, 2.24) is 0 Å². The Bertz CT molecular complexity index is 1330. The molecule has 0 aliphatic carbocycles. The molecule has 37 heavy (non-hydrogen) atoms. The third-order valence-corrected chi connectivity index (χ3v) is 6.86. The second-order valence-corrected chi connectivity index (χ2v) is 9.31. The van der Waals surface area contributed by atoms with E-state index >= 15 is 0 Å². The van der Waals surface area contributed by atoms with E-state index in [2.05, 4.69) is 17.5 Å².